The van der Waals surface area contributed by atoms with Gasteiger partial charge in [-0.1, -0.05) is 24.3 Å². The number of benzene rings is 1. The van der Waals surface area contributed by atoms with Crippen molar-refractivity contribution in [1.29, 1.82) is 0 Å². The summed E-state index contributed by atoms with van der Waals surface area (Å²) in [5.74, 6) is -0.557. The smallest absolute Gasteiger partial charge is 0.249 e. The Labute approximate surface area is 75.8 Å². The minimum absolute atomic E-state index is 0.398. The predicted octanol–water partition coefficient (Wildman–Crippen LogP) is 2.51. The molecule has 0 heterocycles. The Balaban J connectivity index is 2.92. The van der Waals surface area contributed by atoms with Crippen LogP contribution in [0.4, 0.5) is 0 Å². The molecule has 0 saturated carbocycles. The first-order chi connectivity index (χ1) is 6.27. The molecule has 4 heteroatoms. The maximum atomic E-state index is 11.0. The number of azide groups is 1. The van der Waals surface area contributed by atoms with Gasteiger partial charge in [0.25, 0.3) is 0 Å². The summed E-state index contributed by atoms with van der Waals surface area (Å²) in [6.07, 6.45) is 0.677. The number of nitrogens with zero attached hydrogens (tertiary/aromatic N) is 3. The summed E-state index contributed by atoms with van der Waals surface area (Å²) in [4.78, 5) is 13.4. The standard InChI is InChI=1S/C9H8N3O/c1-2-7-3-5-8(6-4-7)9(13)11-12-10/h3-6H,1-2H2. The minimum Gasteiger partial charge on any atom is -0.287 e. The third-order valence-corrected chi connectivity index (χ3v) is 1.63. The Bertz CT molecular complexity index is 350. The van der Waals surface area contributed by atoms with E-state index in [4.69, 9.17) is 5.53 Å². The number of hydrogen-bond acceptors (Lipinski definition) is 1. The average Bonchev–Trinajstić information content (AvgIpc) is 2.18. The number of amides is 1. The molecule has 65 valence electrons. The molecule has 1 rings (SSSR count). The maximum absolute atomic E-state index is 11.0. The van der Waals surface area contributed by atoms with Gasteiger partial charge in [-0.25, -0.2) is 0 Å². The second-order valence-corrected chi connectivity index (χ2v) is 2.44. The van der Waals surface area contributed by atoms with Crippen molar-refractivity contribution in [3.05, 3.63) is 52.8 Å². The van der Waals surface area contributed by atoms with Crippen LogP contribution in [0.15, 0.2) is 29.4 Å². The molecule has 4 nitrogen and oxygen atoms in total. The van der Waals surface area contributed by atoms with E-state index in [-0.39, 0.29) is 0 Å². The van der Waals surface area contributed by atoms with Gasteiger partial charge in [0.15, 0.2) is 0 Å². The molecular weight excluding hydrogens is 166 g/mol. The second-order valence-electron chi connectivity index (χ2n) is 2.44. The maximum Gasteiger partial charge on any atom is 0.249 e. The Morgan fingerprint density at radius 1 is 1.46 bits per heavy atom. The molecule has 0 spiro atoms. The van der Waals surface area contributed by atoms with Crippen LogP contribution < -0.4 is 0 Å². The molecule has 0 aliphatic heterocycles. The molecule has 0 unspecified atom stereocenters. The van der Waals surface area contributed by atoms with Crippen LogP contribution in [0.5, 0.6) is 0 Å². The van der Waals surface area contributed by atoms with Gasteiger partial charge in [-0.15, -0.1) is 0 Å². The van der Waals surface area contributed by atoms with E-state index in [1.807, 2.05) is 0 Å². The molecular formula is C9H8N3O. The largest absolute Gasteiger partial charge is 0.287 e. The first-order valence-electron chi connectivity index (χ1n) is 3.75. The van der Waals surface area contributed by atoms with Crippen LogP contribution in [-0.2, 0) is 6.42 Å². The van der Waals surface area contributed by atoms with Crippen LogP contribution in [0.2, 0.25) is 0 Å². The monoisotopic (exact) mass is 174 g/mol. The van der Waals surface area contributed by atoms with Crippen LogP contribution >= 0.6 is 0 Å². The quantitative estimate of drug-likeness (QED) is 0.386. The van der Waals surface area contributed by atoms with Gasteiger partial charge in [-0.3, -0.25) is 4.79 Å². The van der Waals surface area contributed by atoms with E-state index in [2.05, 4.69) is 16.9 Å². The lowest BCUT2D eigenvalue weighted by molar-refractivity contribution is 0.100. The molecule has 1 radical (unpaired) electrons. The van der Waals surface area contributed by atoms with Gasteiger partial charge in [0.05, 0.1) is 0 Å². The Morgan fingerprint density at radius 3 is 2.54 bits per heavy atom. The van der Waals surface area contributed by atoms with Crippen LogP contribution in [0.1, 0.15) is 15.9 Å². The summed E-state index contributed by atoms with van der Waals surface area (Å²) >= 11 is 0. The lowest BCUT2D eigenvalue weighted by Crippen LogP contribution is -1.93. The third kappa shape index (κ3) is 2.32. The van der Waals surface area contributed by atoms with E-state index in [0.29, 0.717) is 12.0 Å². The zero-order valence-corrected chi connectivity index (χ0v) is 6.97. The fourth-order valence-electron chi connectivity index (χ4n) is 0.912. The molecule has 1 amide bonds. The van der Waals surface area contributed by atoms with Crippen molar-refractivity contribution in [3.8, 4) is 0 Å². The highest BCUT2D eigenvalue weighted by molar-refractivity contribution is 5.94. The average molecular weight is 174 g/mol. The van der Waals surface area contributed by atoms with E-state index in [1.165, 1.54) is 0 Å². The number of carbonyl (C=O) groups is 1. The van der Waals surface area contributed by atoms with Gasteiger partial charge >= 0.3 is 0 Å². The molecule has 13 heavy (non-hydrogen) atoms. The number of rotatable bonds is 2. The van der Waals surface area contributed by atoms with Crippen LogP contribution in [0, 0.1) is 6.92 Å². The molecule has 0 aliphatic rings. The second kappa shape index (κ2) is 4.28. The molecule has 0 fully saturated rings. The van der Waals surface area contributed by atoms with Gasteiger partial charge < -0.3 is 0 Å². The summed E-state index contributed by atoms with van der Waals surface area (Å²) in [5, 5.41) is 2.98. The minimum atomic E-state index is -0.557. The lowest BCUT2D eigenvalue weighted by atomic mass is 10.1. The topological polar surface area (TPSA) is 65.8 Å². The first kappa shape index (κ1) is 9.29. The summed E-state index contributed by atoms with van der Waals surface area (Å²) in [6.45, 7) is 3.70. The fourth-order valence-corrected chi connectivity index (χ4v) is 0.912. The van der Waals surface area contributed by atoms with Gasteiger partial charge in [0.2, 0.25) is 5.91 Å². The summed E-state index contributed by atoms with van der Waals surface area (Å²) in [6, 6.07) is 6.81. The Morgan fingerprint density at radius 2 is 2.08 bits per heavy atom. The zero-order chi connectivity index (χ0) is 9.68. The van der Waals surface area contributed by atoms with Gasteiger partial charge in [0.1, 0.15) is 0 Å². The van der Waals surface area contributed by atoms with Crippen molar-refractivity contribution in [3.63, 3.8) is 0 Å². The van der Waals surface area contributed by atoms with Crippen molar-refractivity contribution in [1.82, 2.24) is 0 Å². The highest BCUT2D eigenvalue weighted by Gasteiger charge is 2.00. The Hall–Kier alpha value is -1.80. The van der Waals surface area contributed by atoms with Crippen molar-refractivity contribution in [2.75, 3.05) is 0 Å². The van der Waals surface area contributed by atoms with E-state index >= 15 is 0 Å². The normalized spacial score (nSPS) is 9.00. The highest BCUT2D eigenvalue weighted by atomic mass is 16.1. The molecule has 0 N–H and O–H groups in total. The van der Waals surface area contributed by atoms with Crippen molar-refractivity contribution in [2.24, 2.45) is 5.11 Å². The molecule has 0 aromatic heterocycles. The van der Waals surface area contributed by atoms with E-state index < -0.39 is 5.91 Å². The first-order valence-corrected chi connectivity index (χ1v) is 3.75. The van der Waals surface area contributed by atoms with Crippen LogP contribution in [0.3, 0.4) is 0 Å². The van der Waals surface area contributed by atoms with E-state index in [9.17, 15) is 4.79 Å². The number of hydrogen-bond donors (Lipinski definition) is 0. The van der Waals surface area contributed by atoms with Crippen LogP contribution in [0.25, 0.3) is 10.4 Å². The highest BCUT2D eigenvalue weighted by Crippen LogP contribution is 2.06. The molecule has 0 bridgehead atoms. The van der Waals surface area contributed by atoms with Crippen molar-refractivity contribution in [2.45, 2.75) is 6.42 Å². The Kier molecular flexibility index (Phi) is 3.06. The molecule has 0 atom stereocenters. The van der Waals surface area contributed by atoms with Gasteiger partial charge in [-0.2, -0.15) is 0 Å². The molecule has 0 saturated heterocycles. The molecule has 1 aromatic carbocycles. The predicted molar refractivity (Wildman–Crippen MR) is 49.0 cm³/mol. The summed E-state index contributed by atoms with van der Waals surface area (Å²) in [7, 11) is 0. The van der Waals surface area contributed by atoms with Crippen molar-refractivity contribution >= 4 is 5.91 Å². The fraction of sp³-hybridized carbons (Fsp3) is 0.111. The number of carbonyl (C=O) groups excluding carboxylic acids is 1. The lowest BCUT2D eigenvalue weighted by Gasteiger charge is -1.96. The summed E-state index contributed by atoms with van der Waals surface area (Å²) in [5.41, 5.74) is 9.46. The molecule has 1 aromatic rings. The van der Waals surface area contributed by atoms with E-state index in [1.54, 1.807) is 24.3 Å². The third-order valence-electron chi connectivity index (χ3n) is 1.63. The van der Waals surface area contributed by atoms with Gasteiger partial charge in [0, 0.05) is 10.5 Å². The van der Waals surface area contributed by atoms with E-state index in [0.717, 1.165) is 5.56 Å². The zero-order valence-electron chi connectivity index (χ0n) is 6.97. The van der Waals surface area contributed by atoms with Crippen molar-refractivity contribution < 1.29 is 4.79 Å². The van der Waals surface area contributed by atoms with Crippen LogP contribution in [-0.4, -0.2) is 5.91 Å². The molecule has 0 aliphatic carbocycles. The SMILES string of the molecule is [CH2]Cc1ccc(C(=O)N=[N+]=[N-])cc1. The summed E-state index contributed by atoms with van der Waals surface area (Å²) < 4.78 is 0. The van der Waals surface area contributed by atoms with Gasteiger partial charge in [-0.05, 0) is 29.6 Å².